The van der Waals surface area contributed by atoms with E-state index >= 15 is 0 Å². The van der Waals surface area contributed by atoms with Crippen LogP contribution in [0.2, 0.25) is 0 Å². The molecular weight excluding hydrogens is 128 g/mol. The van der Waals surface area contributed by atoms with Gasteiger partial charge in [-0.1, -0.05) is 6.92 Å². The van der Waals surface area contributed by atoms with E-state index in [1.165, 1.54) is 0 Å². The van der Waals surface area contributed by atoms with Crippen molar-refractivity contribution in [2.24, 2.45) is 11.7 Å². The van der Waals surface area contributed by atoms with Crippen LogP contribution in [-0.4, -0.2) is 6.10 Å². The Morgan fingerprint density at radius 3 is 2.40 bits per heavy atom. The Morgan fingerprint density at radius 2 is 2.20 bits per heavy atom. The Bertz CT molecular complexity index is 214. The highest BCUT2D eigenvalue weighted by Crippen LogP contribution is 2.26. The third-order valence-corrected chi connectivity index (χ3v) is 1.86. The van der Waals surface area contributed by atoms with Crippen molar-refractivity contribution in [1.82, 2.24) is 0 Å². The van der Waals surface area contributed by atoms with E-state index in [1.54, 1.807) is 0 Å². The molecule has 0 radical (unpaired) electrons. The van der Waals surface area contributed by atoms with Gasteiger partial charge in [0.15, 0.2) is 5.88 Å². The van der Waals surface area contributed by atoms with Gasteiger partial charge in [0.05, 0.1) is 5.57 Å². The molecule has 10 heavy (non-hydrogen) atoms. The molecule has 0 saturated carbocycles. The van der Waals surface area contributed by atoms with Crippen LogP contribution < -0.4 is 5.73 Å². The molecule has 0 amide bonds. The average molecular weight is 138 g/mol. The van der Waals surface area contributed by atoms with Crippen LogP contribution in [-0.2, 0) is 4.74 Å². The van der Waals surface area contributed by atoms with E-state index in [9.17, 15) is 0 Å². The topological polar surface area (TPSA) is 59.0 Å². The predicted octanol–water partition coefficient (Wildman–Crippen LogP) is 0.735. The second kappa shape index (κ2) is 2.22. The minimum absolute atomic E-state index is 0.0506. The zero-order valence-corrected chi connectivity index (χ0v) is 6.09. The van der Waals surface area contributed by atoms with Crippen molar-refractivity contribution in [2.45, 2.75) is 20.0 Å². The lowest BCUT2D eigenvalue weighted by Crippen LogP contribution is -2.10. The molecule has 1 rings (SSSR count). The first-order valence-corrected chi connectivity index (χ1v) is 3.23. The maximum absolute atomic E-state index is 8.56. The number of rotatable bonds is 0. The summed E-state index contributed by atoms with van der Waals surface area (Å²) >= 11 is 0. The Kier molecular flexibility index (Phi) is 1.54. The van der Waals surface area contributed by atoms with Crippen LogP contribution in [0.5, 0.6) is 0 Å². The fourth-order valence-electron chi connectivity index (χ4n) is 0.982. The lowest BCUT2D eigenvalue weighted by molar-refractivity contribution is 0.132. The number of nitrogens with two attached hydrogens (primary N) is 1. The molecule has 1 heterocycles. The van der Waals surface area contributed by atoms with Crippen molar-refractivity contribution >= 4 is 0 Å². The van der Waals surface area contributed by atoms with Crippen LogP contribution in [0.25, 0.3) is 0 Å². The smallest absolute Gasteiger partial charge is 0.198 e. The van der Waals surface area contributed by atoms with E-state index in [0.717, 1.165) is 0 Å². The van der Waals surface area contributed by atoms with E-state index < -0.39 is 0 Å². The molecule has 0 unspecified atom stereocenters. The minimum Gasteiger partial charge on any atom is -0.475 e. The third-order valence-electron chi connectivity index (χ3n) is 1.86. The van der Waals surface area contributed by atoms with Gasteiger partial charge in [-0.15, -0.1) is 0 Å². The molecule has 0 saturated heterocycles. The van der Waals surface area contributed by atoms with Gasteiger partial charge in [-0.2, -0.15) is 5.26 Å². The zero-order chi connectivity index (χ0) is 7.72. The molecule has 1 aliphatic heterocycles. The van der Waals surface area contributed by atoms with Gasteiger partial charge in [0.25, 0.3) is 0 Å². The largest absolute Gasteiger partial charge is 0.475 e. The second-order valence-electron chi connectivity index (χ2n) is 2.50. The van der Waals surface area contributed by atoms with Crippen molar-refractivity contribution in [3.05, 3.63) is 11.5 Å². The number of nitriles is 1. The second-order valence-corrected chi connectivity index (χ2v) is 2.50. The van der Waals surface area contributed by atoms with Crippen LogP contribution in [0, 0.1) is 17.2 Å². The summed E-state index contributed by atoms with van der Waals surface area (Å²) in [7, 11) is 0. The molecule has 0 spiro atoms. The van der Waals surface area contributed by atoms with Crippen molar-refractivity contribution in [3.63, 3.8) is 0 Å². The number of ether oxygens (including phenoxy) is 1. The zero-order valence-electron chi connectivity index (χ0n) is 6.09. The molecule has 0 aromatic rings. The molecule has 0 bridgehead atoms. The van der Waals surface area contributed by atoms with Gasteiger partial charge in [0.1, 0.15) is 12.2 Å². The molecule has 0 aromatic heterocycles. The molecule has 3 nitrogen and oxygen atoms in total. The Balaban J connectivity index is 2.88. The molecular formula is C7H10N2O. The maximum Gasteiger partial charge on any atom is 0.198 e. The van der Waals surface area contributed by atoms with Crippen molar-refractivity contribution in [2.75, 3.05) is 0 Å². The molecule has 54 valence electrons. The van der Waals surface area contributed by atoms with E-state index in [2.05, 4.69) is 0 Å². The highest BCUT2D eigenvalue weighted by Gasteiger charge is 2.28. The first kappa shape index (κ1) is 6.94. The van der Waals surface area contributed by atoms with Gasteiger partial charge in [-0.05, 0) is 6.92 Å². The summed E-state index contributed by atoms with van der Waals surface area (Å²) in [6.45, 7) is 3.84. The van der Waals surface area contributed by atoms with Crippen LogP contribution in [0.1, 0.15) is 13.8 Å². The normalized spacial score (nSPS) is 31.7. The van der Waals surface area contributed by atoms with Gasteiger partial charge in [-0.3, -0.25) is 0 Å². The van der Waals surface area contributed by atoms with Crippen molar-refractivity contribution < 1.29 is 4.74 Å². The molecule has 2 atom stereocenters. The van der Waals surface area contributed by atoms with Gasteiger partial charge in [0, 0.05) is 5.92 Å². The summed E-state index contributed by atoms with van der Waals surface area (Å²) in [4.78, 5) is 0. The van der Waals surface area contributed by atoms with E-state index in [4.69, 9.17) is 15.7 Å². The maximum atomic E-state index is 8.56. The van der Waals surface area contributed by atoms with Crippen molar-refractivity contribution in [1.29, 1.82) is 5.26 Å². The molecule has 2 N–H and O–H groups in total. The highest BCUT2D eigenvalue weighted by atomic mass is 16.5. The minimum atomic E-state index is 0.0506. The molecule has 1 aliphatic rings. The van der Waals surface area contributed by atoms with E-state index in [-0.39, 0.29) is 12.0 Å². The Hall–Kier alpha value is -1.17. The third kappa shape index (κ3) is 0.820. The highest BCUT2D eigenvalue weighted by molar-refractivity contribution is 5.29. The number of nitrogens with zero attached hydrogens (tertiary/aromatic N) is 1. The predicted molar refractivity (Wildman–Crippen MR) is 36.5 cm³/mol. The summed E-state index contributed by atoms with van der Waals surface area (Å²) in [5, 5.41) is 8.56. The summed E-state index contributed by atoms with van der Waals surface area (Å²) in [5.41, 5.74) is 5.98. The lowest BCUT2D eigenvalue weighted by Gasteiger charge is -2.07. The van der Waals surface area contributed by atoms with Gasteiger partial charge >= 0.3 is 0 Å². The summed E-state index contributed by atoms with van der Waals surface area (Å²) < 4.78 is 5.11. The first-order valence-electron chi connectivity index (χ1n) is 3.23. The lowest BCUT2D eigenvalue weighted by atomic mass is 10.0. The van der Waals surface area contributed by atoms with Gasteiger partial charge < -0.3 is 10.5 Å². The molecule has 0 aromatic carbocycles. The van der Waals surface area contributed by atoms with Gasteiger partial charge in [-0.25, -0.2) is 0 Å². The average Bonchev–Trinajstić information content (AvgIpc) is 2.09. The van der Waals surface area contributed by atoms with Crippen molar-refractivity contribution in [3.8, 4) is 6.07 Å². The molecule has 0 fully saturated rings. The SMILES string of the molecule is C[C@@H]1OC(N)=C(C#N)[C@H]1C. The van der Waals surface area contributed by atoms with E-state index in [1.807, 2.05) is 19.9 Å². The van der Waals surface area contributed by atoms with E-state index in [0.29, 0.717) is 11.5 Å². The first-order chi connectivity index (χ1) is 4.66. The monoisotopic (exact) mass is 138 g/mol. The van der Waals surface area contributed by atoms with Crippen LogP contribution >= 0.6 is 0 Å². The quantitative estimate of drug-likeness (QED) is 0.537. The molecule has 3 heteroatoms. The van der Waals surface area contributed by atoms with Crippen LogP contribution in [0.4, 0.5) is 0 Å². The molecule has 0 aliphatic carbocycles. The van der Waals surface area contributed by atoms with Crippen LogP contribution in [0.15, 0.2) is 11.5 Å². The van der Waals surface area contributed by atoms with Gasteiger partial charge in [0.2, 0.25) is 0 Å². The van der Waals surface area contributed by atoms with Crippen LogP contribution in [0.3, 0.4) is 0 Å². The number of hydrogen-bond acceptors (Lipinski definition) is 3. The Labute approximate surface area is 60.1 Å². The Morgan fingerprint density at radius 1 is 1.60 bits per heavy atom. The number of hydrogen-bond donors (Lipinski definition) is 1. The summed E-state index contributed by atoms with van der Waals surface area (Å²) in [6.07, 6.45) is 0.0506. The standard InChI is InChI=1S/C7H10N2O/c1-4-5(2)10-7(9)6(4)3-8/h4-5H,9H2,1-2H3/t4-,5-/m0/s1. The fourth-order valence-corrected chi connectivity index (χ4v) is 0.982. The summed E-state index contributed by atoms with van der Waals surface area (Å²) in [5.74, 6) is 0.438. The fraction of sp³-hybridized carbons (Fsp3) is 0.571. The summed E-state index contributed by atoms with van der Waals surface area (Å²) in [6, 6.07) is 2.02.